The lowest BCUT2D eigenvalue weighted by Crippen LogP contribution is -2.07. The van der Waals surface area contributed by atoms with Crippen LogP contribution in [0.2, 0.25) is 0 Å². The maximum Gasteiger partial charge on any atom is 0.119 e. The van der Waals surface area contributed by atoms with Gasteiger partial charge < -0.3 is 0 Å². The summed E-state index contributed by atoms with van der Waals surface area (Å²) < 4.78 is 3.83. The largest absolute Gasteiger partial charge is 0.277 e. The monoisotopic (exact) mass is 104 g/mol. The molecule has 34 valence electrons. The number of fused-ring (bicyclic) bond motifs is 1. The molecule has 0 saturated carbocycles. The summed E-state index contributed by atoms with van der Waals surface area (Å²) in [7, 11) is 0. The quantitative estimate of drug-likeness (QED) is 0.461. The molecule has 5 heteroatoms. The Balaban J connectivity index is 2.38. The Bertz CT molecular complexity index is 122. The smallest absolute Gasteiger partial charge is 0.119 e. The summed E-state index contributed by atoms with van der Waals surface area (Å²) in [5, 5.41) is 0. The van der Waals surface area contributed by atoms with Crippen LogP contribution in [0.4, 0.5) is 0 Å². The second-order valence-electron chi connectivity index (χ2n) is 1.12. The van der Waals surface area contributed by atoms with Gasteiger partial charge in [-0.25, -0.2) is 0 Å². The molecule has 2 N–H and O–H groups in total. The fourth-order valence-electron chi connectivity index (χ4n) is 0.414. The minimum absolute atomic E-state index is 0.868. The summed E-state index contributed by atoms with van der Waals surface area (Å²) in [6.45, 7) is 0.868. The van der Waals surface area contributed by atoms with Gasteiger partial charge in [0.05, 0.1) is 0 Å². The fourth-order valence-corrected chi connectivity index (χ4v) is 0.888. The van der Waals surface area contributed by atoms with E-state index in [2.05, 4.69) is 10.9 Å². The van der Waals surface area contributed by atoms with Crippen molar-refractivity contribution < 1.29 is 0 Å². The standard InChI is InChI=1S/CH4N4S/c1-2-4-5(3-1)6-4/h2-3H,1H2. The van der Waals surface area contributed by atoms with Crippen LogP contribution in [-0.4, -0.2) is 15.0 Å². The van der Waals surface area contributed by atoms with Gasteiger partial charge in [0.25, 0.3) is 0 Å². The van der Waals surface area contributed by atoms with Gasteiger partial charge >= 0.3 is 0 Å². The van der Waals surface area contributed by atoms with Crippen LogP contribution >= 0.6 is 11.7 Å². The van der Waals surface area contributed by atoms with Gasteiger partial charge in [0.1, 0.15) is 18.4 Å². The SMILES string of the molecule is C1Nn2sn2N1. The molecule has 1 aliphatic rings. The number of nitrogens with zero attached hydrogens (tertiary/aromatic N) is 2. The Kier molecular flexibility index (Phi) is 0.249. The van der Waals surface area contributed by atoms with Gasteiger partial charge in [0, 0.05) is 0 Å². The van der Waals surface area contributed by atoms with Crippen molar-refractivity contribution in [3.63, 3.8) is 0 Å². The Labute approximate surface area is 38.6 Å². The number of nitrogens with one attached hydrogen (secondary N) is 2. The number of aromatic nitrogens is 2. The highest BCUT2D eigenvalue weighted by atomic mass is 32.1. The Hall–Kier alpha value is -0.580. The molecule has 0 aromatic carbocycles. The maximum atomic E-state index is 3.00. The highest BCUT2D eigenvalue weighted by molar-refractivity contribution is 7.05. The number of hydrogen-bond donors (Lipinski definition) is 2. The molecule has 2 heterocycles. The van der Waals surface area contributed by atoms with Gasteiger partial charge in [-0.05, 0) is 0 Å². The normalized spacial score (nSPS) is 16.7. The highest BCUT2D eigenvalue weighted by Crippen LogP contribution is 2.04. The molecule has 0 fully saturated rings. The molecule has 2 rings (SSSR count). The van der Waals surface area contributed by atoms with Gasteiger partial charge in [-0.2, -0.15) is 0 Å². The van der Waals surface area contributed by atoms with Crippen molar-refractivity contribution in [1.29, 1.82) is 0 Å². The van der Waals surface area contributed by atoms with E-state index in [1.807, 2.05) is 8.36 Å². The molecule has 1 aromatic heterocycles. The second-order valence-corrected chi connectivity index (χ2v) is 1.98. The van der Waals surface area contributed by atoms with Crippen LogP contribution in [0.25, 0.3) is 0 Å². The minimum Gasteiger partial charge on any atom is -0.277 e. The number of rotatable bonds is 0. The van der Waals surface area contributed by atoms with Crippen LogP contribution in [-0.2, 0) is 0 Å². The van der Waals surface area contributed by atoms with E-state index in [1.54, 1.807) is 11.7 Å². The van der Waals surface area contributed by atoms with Crippen LogP contribution in [0, 0.1) is 0 Å². The van der Waals surface area contributed by atoms with Crippen molar-refractivity contribution in [2.24, 2.45) is 0 Å². The lowest BCUT2D eigenvalue weighted by molar-refractivity contribution is 0.908. The third-order valence-electron chi connectivity index (χ3n) is 0.724. The Morgan fingerprint density at radius 2 is 2.00 bits per heavy atom. The lowest BCUT2D eigenvalue weighted by Gasteiger charge is -1.83. The van der Waals surface area contributed by atoms with Crippen LogP contribution < -0.4 is 10.9 Å². The molecule has 1 aliphatic heterocycles. The molecule has 6 heavy (non-hydrogen) atoms. The summed E-state index contributed by atoms with van der Waals surface area (Å²) >= 11 is 1.62. The molecule has 0 spiro atoms. The first-order valence-corrected chi connectivity index (χ1v) is 2.45. The van der Waals surface area contributed by atoms with Gasteiger partial charge in [-0.3, -0.25) is 10.9 Å². The van der Waals surface area contributed by atoms with Crippen molar-refractivity contribution in [3.05, 3.63) is 0 Å². The summed E-state index contributed by atoms with van der Waals surface area (Å²) in [5.41, 5.74) is 6.01. The zero-order valence-corrected chi connectivity index (χ0v) is 3.83. The van der Waals surface area contributed by atoms with Crippen LogP contribution in [0.1, 0.15) is 0 Å². The summed E-state index contributed by atoms with van der Waals surface area (Å²) in [6.07, 6.45) is 0. The first-order chi connectivity index (χ1) is 2.97. The zero-order valence-electron chi connectivity index (χ0n) is 3.01. The molecule has 0 amide bonds. The molecule has 4 nitrogen and oxygen atoms in total. The molecule has 1 aromatic rings. The predicted octanol–water partition coefficient (Wildman–Crippen LogP) is -0.591. The third-order valence-corrected chi connectivity index (χ3v) is 1.47. The van der Waals surface area contributed by atoms with Gasteiger partial charge in [-0.1, -0.05) is 8.36 Å². The van der Waals surface area contributed by atoms with Crippen LogP contribution in [0.3, 0.4) is 0 Å². The maximum absolute atomic E-state index is 3.00. The molecule has 0 aliphatic carbocycles. The summed E-state index contributed by atoms with van der Waals surface area (Å²) in [4.78, 5) is 0. The van der Waals surface area contributed by atoms with E-state index in [-0.39, 0.29) is 0 Å². The van der Waals surface area contributed by atoms with E-state index >= 15 is 0 Å². The highest BCUT2D eigenvalue weighted by Gasteiger charge is 2.11. The van der Waals surface area contributed by atoms with Crippen molar-refractivity contribution >= 4 is 11.7 Å². The van der Waals surface area contributed by atoms with E-state index in [1.165, 1.54) is 0 Å². The average molecular weight is 104 g/mol. The molecule has 0 unspecified atom stereocenters. The van der Waals surface area contributed by atoms with E-state index in [0.717, 1.165) is 6.67 Å². The van der Waals surface area contributed by atoms with Gasteiger partial charge in [0.15, 0.2) is 0 Å². The van der Waals surface area contributed by atoms with Crippen molar-refractivity contribution in [1.82, 2.24) is 8.36 Å². The molecule has 0 radical (unpaired) electrons. The molecular weight excluding hydrogens is 100 g/mol. The zero-order chi connectivity index (χ0) is 3.98. The van der Waals surface area contributed by atoms with E-state index in [0.29, 0.717) is 0 Å². The average Bonchev–Trinajstić information content (AvgIpc) is 2.17. The van der Waals surface area contributed by atoms with Crippen molar-refractivity contribution in [2.45, 2.75) is 0 Å². The molecule has 0 saturated heterocycles. The first kappa shape index (κ1) is 2.57. The van der Waals surface area contributed by atoms with Crippen LogP contribution in [0.5, 0.6) is 0 Å². The van der Waals surface area contributed by atoms with Gasteiger partial charge in [-0.15, -0.1) is 0 Å². The predicted molar refractivity (Wildman–Crippen MR) is 23.9 cm³/mol. The van der Waals surface area contributed by atoms with E-state index in [4.69, 9.17) is 0 Å². The molecule has 0 atom stereocenters. The topological polar surface area (TPSA) is 33.9 Å². The fraction of sp³-hybridized carbons (Fsp3) is 1.00. The second kappa shape index (κ2) is 0.583. The lowest BCUT2D eigenvalue weighted by atomic mass is 11.2. The van der Waals surface area contributed by atoms with E-state index in [9.17, 15) is 0 Å². The van der Waals surface area contributed by atoms with E-state index < -0.39 is 0 Å². The Morgan fingerprint density at radius 1 is 1.33 bits per heavy atom. The van der Waals surface area contributed by atoms with Crippen molar-refractivity contribution in [2.75, 3.05) is 17.5 Å². The molecule has 0 bridgehead atoms. The summed E-state index contributed by atoms with van der Waals surface area (Å²) in [6, 6.07) is 0. The Morgan fingerprint density at radius 3 is 2.17 bits per heavy atom. The van der Waals surface area contributed by atoms with Crippen molar-refractivity contribution in [3.8, 4) is 0 Å². The van der Waals surface area contributed by atoms with Crippen LogP contribution in [0.15, 0.2) is 0 Å². The number of hydrogen-bond acceptors (Lipinski definition) is 3. The third kappa shape index (κ3) is 0.154. The minimum atomic E-state index is 0.868. The summed E-state index contributed by atoms with van der Waals surface area (Å²) in [5.74, 6) is 0. The molecular formula is CH4N4S. The van der Waals surface area contributed by atoms with Gasteiger partial charge in [0.2, 0.25) is 0 Å². The first-order valence-electron chi connectivity index (χ1n) is 1.72.